The molecule has 5 aromatic heterocycles. The number of hydrogen-bond acceptors (Lipinski definition) is 36. The summed E-state index contributed by atoms with van der Waals surface area (Å²) in [6.45, 7) is 23.0. The highest BCUT2D eigenvalue weighted by atomic mass is 32.1. The second-order valence-corrected chi connectivity index (χ2v) is 63.6. The number of nitrogens with zero attached hydrogens (tertiary/aromatic N) is 6. The van der Waals surface area contributed by atoms with E-state index in [9.17, 15) is 126 Å². The fourth-order valence-corrected chi connectivity index (χ4v) is 20.7. The average molecular weight is 2210 g/mol. The molecule has 0 radical (unpaired) electrons. The van der Waals surface area contributed by atoms with Crippen LogP contribution in [0.4, 0.5) is 13.2 Å². The van der Waals surface area contributed by atoms with E-state index in [4.69, 9.17) is 57.6 Å². The van der Waals surface area contributed by atoms with E-state index < -0.39 is 233 Å². The van der Waals surface area contributed by atoms with Crippen LogP contribution >= 0.6 is 58.9 Å². The predicted molar refractivity (Wildman–Crippen MR) is 564 cm³/mol. The van der Waals surface area contributed by atoms with Crippen LogP contribution in [0.2, 0.25) is 0 Å². The SMILES string of the molecule is C=P(C)(C)CC[C@H]1OC(n2cc(CN(CC(=O)OC(C)(C)C)C(=O)C(F)(F)F)c(=O)[nH]c2=O)[C@H](O)[C@@H]1O.C=P(C)(C)CC[C@H]1OC(n2cc(CNCC(C)=O)c(=O)[nH]c2=O)[C@H](O)[C@@H]1O.C=P(C)(C)CC[C@H]1OC(n2cc(CNCC(C)=O)c(=O)[nH]c2=O)[C@H](O)[C@@H]1O.C=P(C)(C)CC[C@H]1OC(n2cc(CNCC(C)=O)c(=O)[nH]c2=S)[C@H](O)[C@@H]1O.C=P(C)(C)CC[C@H]1OC(n2cc(CNCC(C)=O)c(=O)[nH]c2=S)[C@H](OC)[C@@H]1O. The zero-order chi connectivity index (χ0) is 111. The Morgan fingerprint density at radius 1 is 0.390 bits per heavy atom. The number of aliphatic hydroxyl groups excluding tert-OH is 9. The minimum atomic E-state index is -5.37. The van der Waals surface area contributed by atoms with Crippen molar-refractivity contribution in [3.8, 4) is 0 Å². The van der Waals surface area contributed by atoms with Gasteiger partial charge in [0, 0.05) is 86.5 Å². The fourth-order valence-electron chi connectivity index (χ4n) is 15.4. The van der Waals surface area contributed by atoms with Gasteiger partial charge in [-0.2, -0.15) is 13.2 Å². The number of ether oxygens (including phenoxy) is 7. The van der Waals surface area contributed by atoms with Crippen LogP contribution in [0, 0.1) is 9.54 Å². The van der Waals surface area contributed by atoms with Gasteiger partial charge >= 0.3 is 35.1 Å². The molecule has 10 rings (SSSR count). The molecule has 5 saturated heterocycles. The van der Waals surface area contributed by atoms with Crippen molar-refractivity contribution in [3.63, 3.8) is 0 Å². The number of H-pyrrole nitrogens is 5. The van der Waals surface area contributed by atoms with Crippen LogP contribution in [-0.2, 0) is 94.6 Å². The minimum Gasteiger partial charge on any atom is -0.459 e. The first kappa shape index (κ1) is 127. The molecule has 0 bridgehead atoms. The third-order valence-electron chi connectivity index (χ3n) is 23.0. The zero-order valence-corrected chi connectivity index (χ0v) is 91.7. The number of esters is 1. The molecule has 5 aliphatic heterocycles. The van der Waals surface area contributed by atoms with Gasteiger partial charge in [-0.15, -0.1) is 65.9 Å². The van der Waals surface area contributed by atoms with E-state index >= 15 is 0 Å². The van der Waals surface area contributed by atoms with E-state index in [-0.39, 0.29) is 112 Å². The van der Waals surface area contributed by atoms with Crippen LogP contribution in [0.5, 0.6) is 0 Å². The number of carbonyl (C=O) groups excluding carboxylic acids is 6. The predicted octanol–water partition coefficient (Wildman–Crippen LogP) is -0.385. The van der Waals surface area contributed by atoms with Crippen molar-refractivity contribution in [2.75, 3.05) is 137 Å². The monoisotopic (exact) mass is 2210 g/mol. The van der Waals surface area contributed by atoms with Gasteiger partial charge in [-0.05, 0) is 202 Å². The molecule has 0 spiro atoms. The average Bonchev–Trinajstić information content (AvgIpc) is 1.37. The Kier molecular flexibility index (Phi) is 47.5. The summed E-state index contributed by atoms with van der Waals surface area (Å²) in [5.41, 5.74) is -5.87. The number of halogens is 3. The summed E-state index contributed by atoms with van der Waals surface area (Å²) in [6.07, 6.45) is 8.48. The highest BCUT2D eigenvalue weighted by Crippen LogP contribution is 2.45. The second-order valence-electron chi connectivity index (χ2n) is 41.3. The topological polar surface area (TPSA) is 641 Å². The number of aromatic nitrogens is 10. The Labute approximate surface area is 852 Å². The molecule has 5 unspecified atom stereocenters. The number of ketones is 4. The molecular weight excluding hydrogens is 2060 g/mol. The van der Waals surface area contributed by atoms with Crippen molar-refractivity contribution in [2.24, 2.45) is 0 Å². The lowest BCUT2D eigenvalue weighted by molar-refractivity contribution is -0.188. The van der Waals surface area contributed by atoms with Crippen LogP contribution < -0.4 is 66.1 Å². The van der Waals surface area contributed by atoms with E-state index in [2.05, 4.69) is 126 Å². The number of aromatic amines is 5. The van der Waals surface area contributed by atoms with Gasteiger partial charge in [0.2, 0.25) is 0 Å². The van der Waals surface area contributed by atoms with Crippen molar-refractivity contribution >= 4 is 125 Å². The summed E-state index contributed by atoms with van der Waals surface area (Å²) < 4.78 is 85.4. The van der Waals surface area contributed by atoms with E-state index in [1.807, 2.05) is 18.3 Å². The van der Waals surface area contributed by atoms with Gasteiger partial charge < -0.3 is 105 Å². The minimum absolute atomic E-state index is 0.0232. The van der Waals surface area contributed by atoms with Crippen molar-refractivity contribution < 1.29 is 121 Å². The highest BCUT2D eigenvalue weighted by Gasteiger charge is 2.51. The van der Waals surface area contributed by atoms with Crippen LogP contribution in [0.1, 0.15) is 140 Å². The third kappa shape index (κ3) is 39.6. The molecule has 5 aliphatic rings. The maximum Gasteiger partial charge on any atom is 0.471 e. The Hall–Kier alpha value is -7.61. The normalized spacial score (nSPS) is 24.8. The summed E-state index contributed by atoms with van der Waals surface area (Å²) in [5.74, 6) is -3.79. The summed E-state index contributed by atoms with van der Waals surface area (Å²) in [4.78, 5) is 177. The molecule has 824 valence electrons. The molecule has 146 heavy (non-hydrogen) atoms. The third-order valence-corrected chi connectivity index (χ3v) is 31.0. The number of hydrogen-bond donors (Lipinski definition) is 18. The Balaban J connectivity index is 0.000000280. The summed E-state index contributed by atoms with van der Waals surface area (Å²) in [7, 11) is 1.51. The summed E-state index contributed by atoms with van der Waals surface area (Å²) in [5, 5.41) is 105. The van der Waals surface area contributed by atoms with E-state index in [1.165, 1.54) is 78.7 Å². The molecular formula is C91H147F3N15O30P5S2. The largest absolute Gasteiger partial charge is 0.471 e. The molecule has 0 aromatic carbocycles. The molecule has 55 heteroatoms. The van der Waals surface area contributed by atoms with Gasteiger partial charge in [0.25, 0.3) is 27.8 Å². The molecule has 1 amide bonds. The number of amides is 1. The first-order chi connectivity index (χ1) is 67.2. The Bertz CT molecular complexity index is 5950. The smallest absolute Gasteiger partial charge is 0.459 e. The lowest BCUT2D eigenvalue weighted by Gasteiger charge is -2.26. The number of aliphatic hydroxyl groups is 9. The number of methoxy groups -OCH3 is 1. The molecule has 18 N–H and O–H groups in total. The second kappa shape index (κ2) is 54.6. The van der Waals surface area contributed by atoms with Crippen LogP contribution in [-0.4, -0.2) is 406 Å². The lowest BCUT2D eigenvalue weighted by Crippen LogP contribution is -2.46. The standard InChI is InChI=1S/C22H33F3N3O8P.C18H30N3O5PS.2C17H28N3O6P.C17H28N3O5PS/c1-21(2,3)36-14(29)11-27(19(33)22(23,24)25)9-12-10-28(20(34)26-17(12)32)18-16(31)15(30)13(35-18)7-8-37(4,5)6;1-11(22)8-19-9-12-10-21(18(28)20-16(12)24)17-15(25-2)14(23)13(26-17)6-7-27(3,4)5;2*1-10(21)7-18-8-11-9-20(17(25)19-15(11)24)16-14(23)13(22)12(26-16)5-6-27(2,3)4;1-10(21)7-18-8-11-9-20(17(27)19-15(11)24)16-14(23)13(22)12(25-16)5-6-26(2,3)4/h10,13,15-16,18,30-31H,4,7-9,11H2,1-3,5-6H3,(H,26,32,34);10,13-15,17,19,23H,3,6-9H2,1-2,4-5H3,(H,20,24,28);2*9,12-14,16,18,22-23H,2,5-8H2,1,3-4H3,(H,19,24,25);9,12-14,16,18,22-23H,2,5-8H2,1,3-4H3,(H,19,24,27)/t13-,15-,16-,18?;13-,14-,15-,17?;3*12-,13-,14-,16?/m11111/s1. The maximum absolute atomic E-state index is 13.2. The number of alkyl halides is 3. The first-order valence-corrected chi connectivity index (χ1v) is 62.7. The summed E-state index contributed by atoms with van der Waals surface area (Å²) in [6, 6.07) is 0. The van der Waals surface area contributed by atoms with E-state index in [0.29, 0.717) is 49.4 Å². The maximum atomic E-state index is 13.2. The van der Waals surface area contributed by atoms with Gasteiger partial charge in [-0.1, -0.05) is 0 Å². The molecule has 5 aromatic rings. The number of rotatable bonds is 41. The van der Waals surface area contributed by atoms with Gasteiger partial charge in [0.15, 0.2) is 40.7 Å². The molecule has 5 fully saturated rings. The molecule has 0 aliphatic carbocycles. The van der Waals surface area contributed by atoms with Crippen LogP contribution in [0.3, 0.4) is 0 Å². The van der Waals surface area contributed by atoms with Crippen LogP contribution in [0.15, 0.2) is 69.3 Å². The zero-order valence-electron chi connectivity index (χ0n) is 85.6. The van der Waals surface area contributed by atoms with Crippen molar-refractivity contribution in [1.29, 1.82) is 0 Å². The Morgan fingerprint density at radius 2 is 0.623 bits per heavy atom. The van der Waals surface area contributed by atoms with Crippen LogP contribution in [0.25, 0.3) is 0 Å². The molecule has 10 heterocycles. The fraction of sp³-hybridized carbons (Fsp3) is 0.659. The number of carbonyl (C=O) groups is 6. The molecule has 0 saturated carbocycles. The highest BCUT2D eigenvalue weighted by molar-refractivity contribution is 7.73. The lowest BCUT2D eigenvalue weighted by atomic mass is 10.1. The van der Waals surface area contributed by atoms with Crippen molar-refractivity contribution in [3.05, 3.63) is 152 Å². The summed E-state index contributed by atoms with van der Waals surface area (Å²) >= 11 is 10.5. The number of Topliss-reactive ketones (excluding diaryl/α,β-unsaturated/α-hetero) is 4. The van der Waals surface area contributed by atoms with E-state index in [1.54, 1.807) is 10.8 Å². The Morgan fingerprint density at radius 3 is 0.877 bits per heavy atom. The molecule has 20 atom stereocenters. The van der Waals surface area contributed by atoms with Crippen molar-refractivity contribution in [1.82, 2.24) is 73.9 Å². The number of nitrogens with one attached hydrogen (secondary N) is 9. The van der Waals surface area contributed by atoms with Crippen molar-refractivity contribution in [2.45, 2.75) is 248 Å². The van der Waals surface area contributed by atoms with Gasteiger partial charge in [-0.25, -0.2) is 14.4 Å². The quantitative estimate of drug-likeness (QED) is 0.0135. The van der Waals surface area contributed by atoms with Gasteiger partial charge in [0.05, 0.1) is 68.8 Å². The molecule has 45 nitrogen and oxygen atoms in total. The van der Waals surface area contributed by atoms with Gasteiger partial charge in [0.1, 0.15) is 96.3 Å². The van der Waals surface area contributed by atoms with E-state index in [0.717, 1.165) is 44.5 Å². The first-order valence-electron chi connectivity index (χ1n) is 46.6. The van der Waals surface area contributed by atoms with Gasteiger partial charge in [-0.3, -0.25) is 100 Å².